The van der Waals surface area contributed by atoms with Crippen LogP contribution in [0.1, 0.15) is 37.8 Å². The third-order valence-electron chi connectivity index (χ3n) is 5.79. The summed E-state index contributed by atoms with van der Waals surface area (Å²) in [5.74, 6) is 0.269. The van der Waals surface area contributed by atoms with E-state index in [-0.39, 0.29) is 11.9 Å². The molecule has 162 valence electrons. The largest absolute Gasteiger partial charge is 0.416 e. The van der Waals surface area contributed by atoms with Crippen molar-refractivity contribution in [3.63, 3.8) is 0 Å². The molecule has 0 saturated carbocycles. The number of piperazine rings is 1. The van der Waals surface area contributed by atoms with E-state index >= 15 is 0 Å². The minimum Gasteiger partial charge on any atom is -0.360 e. The average Bonchev–Trinajstić information content (AvgIpc) is 2.73. The van der Waals surface area contributed by atoms with Gasteiger partial charge in [-0.15, -0.1) is 0 Å². The Bertz CT molecular complexity index is 874. The number of hydrogen-bond acceptors (Lipinski definition) is 2. The zero-order valence-electron chi connectivity index (χ0n) is 17.6. The van der Waals surface area contributed by atoms with Crippen molar-refractivity contribution in [2.45, 2.75) is 38.9 Å². The Balaban J connectivity index is 1.60. The SMILES string of the molecule is CC(C)c1ccccc1NC(=O)[C@@H](C)[NH+]1CCN(c2cccc(C(F)(F)F)c2)CC1. The summed E-state index contributed by atoms with van der Waals surface area (Å²) in [7, 11) is 0. The predicted octanol–water partition coefficient (Wildman–Crippen LogP) is 3.56. The quantitative estimate of drug-likeness (QED) is 0.776. The second kappa shape index (κ2) is 9.08. The molecule has 4 nitrogen and oxygen atoms in total. The number of halogens is 3. The van der Waals surface area contributed by atoms with E-state index in [0.29, 0.717) is 37.8 Å². The molecular formula is C23H29F3N3O+. The summed E-state index contributed by atoms with van der Waals surface area (Å²) >= 11 is 0. The molecule has 2 N–H and O–H groups in total. The Kier molecular flexibility index (Phi) is 6.71. The maximum Gasteiger partial charge on any atom is 0.416 e. The van der Waals surface area contributed by atoms with Gasteiger partial charge in [0.05, 0.1) is 31.7 Å². The molecule has 0 aliphatic carbocycles. The number of para-hydroxylation sites is 1. The summed E-state index contributed by atoms with van der Waals surface area (Å²) in [6, 6.07) is 13.0. The Morgan fingerprint density at radius 3 is 2.33 bits per heavy atom. The first-order valence-corrected chi connectivity index (χ1v) is 10.3. The third-order valence-corrected chi connectivity index (χ3v) is 5.79. The fraction of sp³-hybridized carbons (Fsp3) is 0.435. The van der Waals surface area contributed by atoms with Crippen LogP contribution in [0.4, 0.5) is 24.5 Å². The zero-order valence-corrected chi connectivity index (χ0v) is 17.6. The number of amides is 1. The second-order valence-corrected chi connectivity index (χ2v) is 8.15. The van der Waals surface area contributed by atoms with Gasteiger partial charge in [0.25, 0.3) is 5.91 Å². The first-order valence-electron chi connectivity index (χ1n) is 10.3. The van der Waals surface area contributed by atoms with Gasteiger partial charge in [0, 0.05) is 11.4 Å². The van der Waals surface area contributed by atoms with Gasteiger partial charge in [0.2, 0.25) is 0 Å². The van der Waals surface area contributed by atoms with E-state index in [1.165, 1.54) is 12.1 Å². The highest BCUT2D eigenvalue weighted by Crippen LogP contribution is 2.31. The highest BCUT2D eigenvalue weighted by molar-refractivity contribution is 5.94. The van der Waals surface area contributed by atoms with Gasteiger partial charge in [-0.1, -0.05) is 38.1 Å². The standard InChI is InChI=1S/C23H28F3N3O/c1-16(2)20-9-4-5-10-21(20)27-22(30)17(3)28-11-13-29(14-12-28)19-8-6-7-18(15-19)23(24,25)26/h4-10,15-17H,11-14H2,1-3H3,(H,27,30)/p+1/t17-/m1/s1. The zero-order chi connectivity index (χ0) is 21.9. The van der Waals surface area contributed by atoms with Gasteiger partial charge in [0.1, 0.15) is 0 Å². The first-order chi connectivity index (χ1) is 14.2. The maximum absolute atomic E-state index is 13.0. The molecule has 1 amide bonds. The molecule has 2 aromatic carbocycles. The van der Waals surface area contributed by atoms with Crippen LogP contribution < -0.4 is 15.1 Å². The van der Waals surface area contributed by atoms with Crippen LogP contribution in [0.2, 0.25) is 0 Å². The Hall–Kier alpha value is -2.54. The van der Waals surface area contributed by atoms with Crippen LogP contribution in [0.25, 0.3) is 0 Å². The fourth-order valence-corrected chi connectivity index (χ4v) is 3.90. The summed E-state index contributed by atoms with van der Waals surface area (Å²) in [4.78, 5) is 15.9. The summed E-state index contributed by atoms with van der Waals surface area (Å²) < 4.78 is 38.9. The van der Waals surface area contributed by atoms with E-state index in [1.807, 2.05) is 36.1 Å². The third kappa shape index (κ3) is 5.14. The molecule has 0 unspecified atom stereocenters. The van der Waals surface area contributed by atoms with Crippen molar-refractivity contribution in [3.05, 3.63) is 59.7 Å². The number of carbonyl (C=O) groups excluding carboxylic acids is 1. The van der Waals surface area contributed by atoms with E-state index in [9.17, 15) is 18.0 Å². The number of alkyl halides is 3. The van der Waals surface area contributed by atoms with Crippen molar-refractivity contribution in [2.24, 2.45) is 0 Å². The number of nitrogens with one attached hydrogen (secondary N) is 2. The number of nitrogens with zero attached hydrogens (tertiary/aromatic N) is 1. The number of hydrogen-bond donors (Lipinski definition) is 2. The van der Waals surface area contributed by atoms with E-state index in [0.717, 1.165) is 22.2 Å². The van der Waals surface area contributed by atoms with Crippen LogP contribution in [0.15, 0.2) is 48.5 Å². The molecule has 1 aliphatic rings. The number of carbonyl (C=O) groups is 1. The van der Waals surface area contributed by atoms with Gasteiger partial charge in [-0.25, -0.2) is 0 Å². The topological polar surface area (TPSA) is 36.8 Å². The highest BCUT2D eigenvalue weighted by atomic mass is 19.4. The molecule has 0 radical (unpaired) electrons. The molecule has 3 rings (SSSR count). The normalized spacial score (nSPS) is 16.6. The molecule has 0 bridgehead atoms. The molecular weight excluding hydrogens is 391 g/mol. The monoisotopic (exact) mass is 420 g/mol. The van der Waals surface area contributed by atoms with E-state index in [1.54, 1.807) is 6.07 Å². The van der Waals surface area contributed by atoms with Crippen molar-refractivity contribution in [1.82, 2.24) is 0 Å². The van der Waals surface area contributed by atoms with Crippen LogP contribution >= 0.6 is 0 Å². The molecule has 0 spiro atoms. The average molecular weight is 420 g/mol. The molecule has 30 heavy (non-hydrogen) atoms. The summed E-state index contributed by atoms with van der Waals surface area (Å²) in [5, 5.41) is 3.06. The number of benzene rings is 2. The lowest BCUT2D eigenvalue weighted by molar-refractivity contribution is -0.914. The van der Waals surface area contributed by atoms with Gasteiger partial charge in [-0.3, -0.25) is 4.79 Å². The van der Waals surface area contributed by atoms with E-state index < -0.39 is 11.7 Å². The van der Waals surface area contributed by atoms with Gasteiger partial charge >= 0.3 is 6.18 Å². The van der Waals surface area contributed by atoms with E-state index in [2.05, 4.69) is 19.2 Å². The molecule has 1 saturated heterocycles. The number of rotatable bonds is 5. The molecule has 1 heterocycles. The predicted molar refractivity (Wildman–Crippen MR) is 113 cm³/mol. The minimum atomic E-state index is -4.35. The molecule has 0 aromatic heterocycles. The molecule has 1 fully saturated rings. The van der Waals surface area contributed by atoms with Gasteiger partial charge in [0.15, 0.2) is 6.04 Å². The van der Waals surface area contributed by atoms with Crippen LogP contribution in [-0.4, -0.2) is 38.1 Å². The lowest BCUT2D eigenvalue weighted by atomic mass is 10.0. The highest BCUT2D eigenvalue weighted by Gasteiger charge is 2.32. The maximum atomic E-state index is 13.0. The Morgan fingerprint density at radius 1 is 1.03 bits per heavy atom. The van der Waals surface area contributed by atoms with Crippen LogP contribution in [-0.2, 0) is 11.0 Å². The first kappa shape index (κ1) is 22.2. The molecule has 1 atom stereocenters. The minimum absolute atomic E-state index is 0.0365. The lowest BCUT2D eigenvalue weighted by Gasteiger charge is -2.36. The number of quaternary nitrogens is 1. The van der Waals surface area contributed by atoms with E-state index in [4.69, 9.17) is 0 Å². The van der Waals surface area contributed by atoms with Crippen molar-refractivity contribution in [2.75, 3.05) is 36.4 Å². The Labute approximate surface area is 175 Å². The van der Waals surface area contributed by atoms with Crippen LogP contribution in [0, 0.1) is 0 Å². The van der Waals surface area contributed by atoms with Gasteiger partial charge < -0.3 is 15.1 Å². The van der Waals surface area contributed by atoms with Crippen LogP contribution in [0.5, 0.6) is 0 Å². The second-order valence-electron chi connectivity index (χ2n) is 8.15. The smallest absolute Gasteiger partial charge is 0.360 e. The summed E-state index contributed by atoms with van der Waals surface area (Å²) in [5.41, 5.74) is 1.88. The van der Waals surface area contributed by atoms with Crippen LogP contribution in [0.3, 0.4) is 0 Å². The van der Waals surface area contributed by atoms with Crippen molar-refractivity contribution in [3.8, 4) is 0 Å². The van der Waals surface area contributed by atoms with Gasteiger partial charge in [-0.2, -0.15) is 13.2 Å². The lowest BCUT2D eigenvalue weighted by Crippen LogP contribution is -3.19. The molecule has 1 aliphatic heterocycles. The Morgan fingerprint density at radius 2 is 1.70 bits per heavy atom. The van der Waals surface area contributed by atoms with Gasteiger partial charge in [-0.05, 0) is 42.7 Å². The van der Waals surface area contributed by atoms with Crippen molar-refractivity contribution < 1.29 is 22.9 Å². The van der Waals surface area contributed by atoms with Crippen molar-refractivity contribution in [1.29, 1.82) is 0 Å². The summed E-state index contributed by atoms with van der Waals surface area (Å²) in [6.07, 6.45) is -4.35. The molecule has 7 heteroatoms. The number of anilines is 2. The summed E-state index contributed by atoms with van der Waals surface area (Å²) in [6.45, 7) is 8.68. The molecule has 2 aromatic rings. The fourth-order valence-electron chi connectivity index (χ4n) is 3.90. The van der Waals surface area contributed by atoms with Crippen molar-refractivity contribution >= 4 is 17.3 Å².